The maximum atomic E-state index is 13.9. The SMILES string of the molecule is COC(C(C)C(=O)NC(C)C(=O)c1c(F)cccc1F)C1CCCN1C(=O)OC(C)(C)C. The third-order valence-corrected chi connectivity index (χ3v) is 5.45. The van der Waals surface area contributed by atoms with Crippen LogP contribution in [0.1, 0.15) is 57.8 Å². The number of hydrogen-bond donors (Lipinski definition) is 1. The molecule has 1 N–H and O–H groups in total. The van der Waals surface area contributed by atoms with Crippen molar-refractivity contribution in [1.82, 2.24) is 10.2 Å². The number of ketones is 1. The summed E-state index contributed by atoms with van der Waals surface area (Å²) in [5, 5.41) is 2.52. The normalized spacial score (nSPS) is 19.2. The number of likely N-dealkylation sites (tertiary alicyclic amines) is 1. The van der Waals surface area contributed by atoms with Gasteiger partial charge < -0.3 is 19.7 Å². The molecular formula is C23H32F2N2O5. The van der Waals surface area contributed by atoms with E-state index in [1.165, 1.54) is 14.0 Å². The van der Waals surface area contributed by atoms with Crippen molar-refractivity contribution in [1.29, 1.82) is 0 Å². The lowest BCUT2D eigenvalue weighted by atomic mass is 9.94. The van der Waals surface area contributed by atoms with Gasteiger partial charge in [-0.25, -0.2) is 13.6 Å². The molecule has 0 radical (unpaired) electrons. The standard InChI is InChI=1S/C23H32F2N2O5/c1-13(20(31-6)17-11-8-12-27(17)22(30)32-23(3,4)5)21(29)26-14(2)19(28)18-15(24)9-7-10-16(18)25/h7,9-10,13-14,17,20H,8,11-12H2,1-6H3,(H,26,29). The van der Waals surface area contributed by atoms with Crippen LogP contribution in [0.2, 0.25) is 0 Å². The second kappa shape index (κ2) is 10.4. The summed E-state index contributed by atoms with van der Waals surface area (Å²) in [4.78, 5) is 39.5. The number of halogens is 2. The second-order valence-corrected chi connectivity index (χ2v) is 9.06. The molecular weight excluding hydrogens is 422 g/mol. The Kier molecular flexibility index (Phi) is 8.34. The Morgan fingerprint density at radius 1 is 1.16 bits per heavy atom. The first-order chi connectivity index (χ1) is 14.9. The Labute approximate surface area is 187 Å². The second-order valence-electron chi connectivity index (χ2n) is 9.06. The average Bonchev–Trinajstić information content (AvgIpc) is 3.16. The van der Waals surface area contributed by atoms with Crippen LogP contribution >= 0.6 is 0 Å². The van der Waals surface area contributed by atoms with Gasteiger partial charge >= 0.3 is 6.09 Å². The zero-order chi connectivity index (χ0) is 24.2. The van der Waals surface area contributed by atoms with E-state index < -0.39 is 58.6 Å². The van der Waals surface area contributed by atoms with Crippen molar-refractivity contribution < 1.29 is 32.6 Å². The molecule has 2 amide bonds. The first-order valence-electron chi connectivity index (χ1n) is 10.7. The van der Waals surface area contributed by atoms with Crippen molar-refractivity contribution in [3.8, 4) is 0 Å². The Balaban J connectivity index is 2.10. The lowest BCUT2D eigenvalue weighted by Crippen LogP contribution is -2.52. The molecule has 0 aromatic heterocycles. The van der Waals surface area contributed by atoms with Crippen molar-refractivity contribution >= 4 is 17.8 Å². The van der Waals surface area contributed by atoms with Gasteiger partial charge in [0.2, 0.25) is 5.91 Å². The van der Waals surface area contributed by atoms with E-state index in [9.17, 15) is 23.2 Å². The number of nitrogens with zero attached hydrogens (tertiary/aromatic N) is 1. The van der Waals surface area contributed by atoms with Crippen LogP contribution in [0.5, 0.6) is 0 Å². The summed E-state index contributed by atoms with van der Waals surface area (Å²) in [5.41, 5.74) is -1.35. The largest absolute Gasteiger partial charge is 0.444 e. The van der Waals surface area contributed by atoms with Crippen LogP contribution in [0, 0.1) is 17.6 Å². The molecule has 0 aliphatic carbocycles. The average molecular weight is 455 g/mol. The van der Waals surface area contributed by atoms with Crippen molar-refractivity contribution in [3.05, 3.63) is 35.4 Å². The Bertz CT molecular complexity index is 835. The monoisotopic (exact) mass is 454 g/mol. The van der Waals surface area contributed by atoms with E-state index in [2.05, 4.69) is 5.32 Å². The molecule has 7 nitrogen and oxygen atoms in total. The molecule has 0 bridgehead atoms. The highest BCUT2D eigenvalue weighted by Crippen LogP contribution is 2.28. The van der Waals surface area contributed by atoms with Gasteiger partial charge in [-0.05, 0) is 52.7 Å². The zero-order valence-corrected chi connectivity index (χ0v) is 19.4. The van der Waals surface area contributed by atoms with Gasteiger partial charge in [0.25, 0.3) is 0 Å². The topological polar surface area (TPSA) is 84.9 Å². The number of nitrogens with one attached hydrogen (secondary N) is 1. The molecule has 1 saturated heterocycles. The maximum absolute atomic E-state index is 13.9. The molecule has 32 heavy (non-hydrogen) atoms. The number of amides is 2. The molecule has 1 aliphatic heterocycles. The number of carbonyl (C=O) groups is 3. The molecule has 1 heterocycles. The van der Waals surface area contributed by atoms with Gasteiger partial charge in [0.05, 0.1) is 29.7 Å². The lowest BCUT2D eigenvalue weighted by Gasteiger charge is -2.35. The summed E-state index contributed by atoms with van der Waals surface area (Å²) >= 11 is 0. The van der Waals surface area contributed by atoms with Crippen molar-refractivity contribution in [3.63, 3.8) is 0 Å². The molecule has 9 heteroatoms. The summed E-state index contributed by atoms with van der Waals surface area (Å²) in [6.07, 6.45) is 0.231. The molecule has 4 atom stereocenters. The predicted molar refractivity (Wildman–Crippen MR) is 114 cm³/mol. The maximum Gasteiger partial charge on any atom is 0.410 e. The van der Waals surface area contributed by atoms with Crippen LogP contribution in [0.3, 0.4) is 0 Å². The molecule has 1 aromatic rings. The van der Waals surface area contributed by atoms with Gasteiger partial charge in [-0.2, -0.15) is 0 Å². The molecule has 1 fully saturated rings. The van der Waals surface area contributed by atoms with Crippen molar-refractivity contribution in [2.24, 2.45) is 5.92 Å². The van der Waals surface area contributed by atoms with Crippen LogP contribution in [-0.4, -0.2) is 60.1 Å². The summed E-state index contributed by atoms with van der Waals surface area (Å²) in [7, 11) is 1.45. The number of benzene rings is 1. The minimum atomic E-state index is -1.15. The van der Waals surface area contributed by atoms with E-state index in [4.69, 9.17) is 9.47 Å². The number of rotatable bonds is 7. The van der Waals surface area contributed by atoms with E-state index in [1.54, 1.807) is 32.6 Å². The van der Waals surface area contributed by atoms with Gasteiger partial charge in [0.1, 0.15) is 17.2 Å². The molecule has 1 aliphatic rings. The van der Waals surface area contributed by atoms with Gasteiger partial charge in [0, 0.05) is 13.7 Å². The number of methoxy groups -OCH3 is 1. The fourth-order valence-electron chi connectivity index (χ4n) is 3.89. The Morgan fingerprint density at radius 3 is 2.28 bits per heavy atom. The highest BCUT2D eigenvalue weighted by molar-refractivity contribution is 6.02. The van der Waals surface area contributed by atoms with Crippen LogP contribution in [-0.2, 0) is 14.3 Å². The van der Waals surface area contributed by atoms with Crippen LogP contribution in [0.15, 0.2) is 18.2 Å². The quantitative estimate of drug-likeness (QED) is 0.635. The van der Waals surface area contributed by atoms with E-state index in [1.807, 2.05) is 0 Å². The molecule has 2 rings (SSSR count). The Morgan fingerprint density at radius 2 is 1.75 bits per heavy atom. The zero-order valence-electron chi connectivity index (χ0n) is 19.4. The minimum absolute atomic E-state index is 0.384. The summed E-state index contributed by atoms with van der Waals surface area (Å²) in [5.74, 6) is -4.11. The third-order valence-electron chi connectivity index (χ3n) is 5.45. The van der Waals surface area contributed by atoms with Crippen molar-refractivity contribution in [2.45, 2.75) is 71.2 Å². The minimum Gasteiger partial charge on any atom is -0.444 e. The van der Waals surface area contributed by atoms with E-state index in [0.29, 0.717) is 13.0 Å². The van der Waals surface area contributed by atoms with Crippen LogP contribution in [0.25, 0.3) is 0 Å². The predicted octanol–water partition coefficient (Wildman–Crippen LogP) is 3.70. The van der Waals surface area contributed by atoms with E-state index >= 15 is 0 Å². The number of carbonyl (C=O) groups excluding carboxylic acids is 3. The molecule has 0 spiro atoms. The van der Waals surface area contributed by atoms with Crippen LogP contribution in [0.4, 0.5) is 13.6 Å². The van der Waals surface area contributed by atoms with E-state index in [-0.39, 0.29) is 6.04 Å². The number of hydrogen-bond acceptors (Lipinski definition) is 5. The smallest absolute Gasteiger partial charge is 0.410 e. The molecule has 178 valence electrons. The fourth-order valence-corrected chi connectivity index (χ4v) is 3.89. The first kappa shape index (κ1) is 25.7. The third kappa shape index (κ3) is 6.03. The van der Waals surface area contributed by atoms with Gasteiger partial charge in [-0.15, -0.1) is 0 Å². The van der Waals surface area contributed by atoms with E-state index in [0.717, 1.165) is 24.6 Å². The lowest BCUT2D eigenvalue weighted by molar-refractivity contribution is -0.131. The molecule has 4 unspecified atom stereocenters. The highest BCUT2D eigenvalue weighted by Gasteiger charge is 2.41. The Hall–Kier alpha value is -2.55. The summed E-state index contributed by atoms with van der Waals surface area (Å²) in [6, 6.07) is 1.60. The molecule has 0 saturated carbocycles. The summed E-state index contributed by atoms with van der Waals surface area (Å²) < 4.78 is 38.9. The summed E-state index contributed by atoms with van der Waals surface area (Å²) in [6.45, 7) is 8.79. The van der Waals surface area contributed by atoms with Crippen LogP contribution < -0.4 is 5.32 Å². The highest BCUT2D eigenvalue weighted by atomic mass is 19.1. The van der Waals surface area contributed by atoms with Gasteiger partial charge in [0.15, 0.2) is 5.78 Å². The fraction of sp³-hybridized carbons (Fsp3) is 0.609. The van der Waals surface area contributed by atoms with Gasteiger partial charge in [-0.3, -0.25) is 9.59 Å². The molecule has 1 aromatic carbocycles. The van der Waals surface area contributed by atoms with Crippen molar-refractivity contribution in [2.75, 3.05) is 13.7 Å². The number of ether oxygens (including phenoxy) is 2. The number of Topliss-reactive ketones (excluding diaryl/α,β-unsaturated/α-hetero) is 1. The van der Waals surface area contributed by atoms with Gasteiger partial charge in [-0.1, -0.05) is 13.0 Å². The first-order valence-corrected chi connectivity index (χ1v) is 10.7.